The molecule has 1 aliphatic carbocycles. The van der Waals surface area contributed by atoms with Gasteiger partial charge >= 0.3 is 5.97 Å². The molecule has 26 heavy (non-hydrogen) atoms. The molecule has 1 aliphatic rings. The van der Waals surface area contributed by atoms with Crippen molar-refractivity contribution in [2.45, 2.75) is 45.3 Å². The van der Waals surface area contributed by atoms with E-state index in [9.17, 15) is 9.59 Å². The normalized spacial score (nSPS) is 14.4. The number of benzene rings is 1. The number of anilines is 2. The van der Waals surface area contributed by atoms with Gasteiger partial charge in [0, 0.05) is 17.9 Å². The van der Waals surface area contributed by atoms with E-state index >= 15 is 0 Å². The number of carbonyl (C=O) groups is 2. The Bertz CT molecular complexity index is 768. The number of aromatic nitrogens is 1. The SMILES string of the molecule is CCc1ccc(NC(=O)C(C)OC(=O)c2ccc(NC3CC3)nc2)cc1. The van der Waals surface area contributed by atoms with Gasteiger partial charge in [-0.2, -0.15) is 0 Å². The molecule has 0 aliphatic heterocycles. The Kier molecular flexibility index (Phi) is 5.51. The number of esters is 1. The molecule has 1 fully saturated rings. The maximum absolute atomic E-state index is 12.2. The average molecular weight is 353 g/mol. The maximum Gasteiger partial charge on any atom is 0.340 e. The fraction of sp³-hybridized carbons (Fsp3) is 0.350. The lowest BCUT2D eigenvalue weighted by atomic mass is 10.1. The van der Waals surface area contributed by atoms with E-state index in [4.69, 9.17) is 4.74 Å². The van der Waals surface area contributed by atoms with Crippen LogP contribution in [-0.2, 0) is 16.0 Å². The van der Waals surface area contributed by atoms with Crippen LogP contribution in [0.25, 0.3) is 0 Å². The number of ether oxygens (including phenoxy) is 1. The molecule has 1 aromatic carbocycles. The van der Waals surface area contributed by atoms with Crippen LogP contribution in [0.5, 0.6) is 0 Å². The zero-order chi connectivity index (χ0) is 18.5. The van der Waals surface area contributed by atoms with Crippen LogP contribution in [0.1, 0.15) is 42.6 Å². The standard InChI is InChI=1S/C20H23N3O3/c1-3-14-4-7-17(8-5-14)23-19(24)13(2)26-20(25)15-6-11-18(21-12-15)22-16-9-10-16/h4-8,11-13,16H,3,9-10H2,1-2H3,(H,21,22)(H,23,24). The van der Waals surface area contributed by atoms with E-state index in [0.717, 1.165) is 25.1 Å². The summed E-state index contributed by atoms with van der Waals surface area (Å²) in [6.07, 6.45) is 3.79. The van der Waals surface area contributed by atoms with E-state index in [0.29, 0.717) is 17.3 Å². The maximum atomic E-state index is 12.2. The molecule has 1 saturated carbocycles. The van der Waals surface area contributed by atoms with E-state index in [1.165, 1.54) is 11.8 Å². The van der Waals surface area contributed by atoms with E-state index < -0.39 is 12.1 Å². The van der Waals surface area contributed by atoms with E-state index in [2.05, 4.69) is 22.5 Å². The van der Waals surface area contributed by atoms with Crippen LogP contribution < -0.4 is 10.6 Å². The molecular formula is C20H23N3O3. The lowest BCUT2D eigenvalue weighted by Crippen LogP contribution is -2.30. The van der Waals surface area contributed by atoms with E-state index in [1.807, 2.05) is 24.3 Å². The Hall–Kier alpha value is -2.89. The summed E-state index contributed by atoms with van der Waals surface area (Å²) >= 11 is 0. The number of amides is 1. The zero-order valence-electron chi connectivity index (χ0n) is 15.0. The predicted molar refractivity (Wildman–Crippen MR) is 100 cm³/mol. The highest BCUT2D eigenvalue weighted by Gasteiger charge is 2.22. The summed E-state index contributed by atoms with van der Waals surface area (Å²) in [5, 5.41) is 5.99. The van der Waals surface area contributed by atoms with Crippen LogP contribution in [0, 0.1) is 0 Å². The highest BCUT2D eigenvalue weighted by molar-refractivity contribution is 5.97. The largest absolute Gasteiger partial charge is 0.449 e. The molecule has 2 N–H and O–H groups in total. The molecule has 0 bridgehead atoms. The van der Waals surface area contributed by atoms with E-state index in [1.54, 1.807) is 19.1 Å². The van der Waals surface area contributed by atoms with Crippen molar-refractivity contribution >= 4 is 23.4 Å². The van der Waals surface area contributed by atoms with Crippen molar-refractivity contribution in [1.29, 1.82) is 0 Å². The second-order valence-electron chi connectivity index (χ2n) is 6.44. The molecule has 0 spiro atoms. The van der Waals surface area contributed by atoms with Crippen LogP contribution >= 0.6 is 0 Å². The van der Waals surface area contributed by atoms with Crippen LogP contribution in [0.4, 0.5) is 11.5 Å². The Balaban J connectivity index is 1.52. The van der Waals surface area contributed by atoms with Gasteiger partial charge < -0.3 is 15.4 Å². The number of pyridine rings is 1. The summed E-state index contributed by atoms with van der Waals surface area (Å²) in [7, 11) is 0. The fourth-order valence-corrected chi connectivity index (χ4v) is 2.39. The molecule has 1 unspecified atom stereocenters. The van der Waals surface area contributed by atoms with E-state index in [-0.39, 0.29) is 5.91 Å². The van der Waals surface area contributed by atoms with Crippen molar-refractivity contribution in [3.8, 4) is 0 Å². The molecule has 6 heteroatoms. The van der Waals surface area contributed by atoms with Gasteiger partial charge in [-0.3, -0.25) is 4.79 Å². The lowest BCUT2D eigenvalue weighted by molar-refractivity contribution is -0.123. The molecule has 1 atom stereocenters. The van der Waals surface area contributed by atoms with Crippen molar-refractivity contribution < 1.29 is 14.3 Å². The number of carbonyl (C=O) groups excluding carboxylic acids is 2. The van der Waals surface area contributed by atoms with Gasteiger partial charge in [-0.05, 0) is 56.0 Å². The number of hydrogen-bond donors (Lipinski definition) is 2. The highest BCUT2D eigenvalue weighted by Crippen LogP contribution is 2.23. The first-order valence-corrected chi connectivity index (χ1v) is 8.88. The predicted octanol–water partition coefficient (Wildman–Crippen LogP) is 3.40. The number of rotatable bonds is 7. The summed E-state index contributed by atoms with van der Waals surface area (Å²) in [5.74, 6) is -0.201. The Morgan fingerprint density at radius 2 is 1.92 bits per heavy atom. The zero-order valence-corrected chi connectivity index (χ0v) is 15.0. The van der Waals surface area contributed by atoms with Gasteiger partial charge in [0.05, 0.1) is 5.56 Å². The van der Waals surface area contributed by atoms with Crippen LogP contribution in [0.2, 0.25) is 0 Å². The second-order valence-corrected chi connectivity index (χ2v) is 6.44. The van der Waals surface area contributed by atoms with Crippen molar-refractivity contribution in [3.63, 3.8) is 0 Å². The molecule has 6 nitrogen and oxygen atoms in total. The minimum atomic E-state index is -0.905. The summed E-state index contributed by atoms with van der Waals surface area (Å²) in [6, 6.07) is 11.5. The van der Waals surface area contributed by atoms with Gasteiger partial charge in [-0.1, -0.05) is 19.1 Å². The smallest absolute Gasteiger partial charge is 0.340 e. The van der Waals surface area contributed by atoms with Crippen LogP contribution in [-0.4, -0.2) is 29.0 Å². The monoisotopic (exact) mass is 353 g/mol. The molecule has 136 valence electrons. The third-order valence-electron chi connectivity index (χ3n) is 4.21. The number of nitrogens with one attached hydrogen (secondary N) is 2. The first-order valence-electron chi connectivity index (χ1n) is 8.88. The first kappa shape index (κ1) is 17.9. The van der Waals surface area contributed by atoms with Gasteiger partial charge in [0.2, 0.25) is 0 Å². The topological polar surface area (TPSA) is 80.3 Å². The molecular weight excluding hydrogens is 330 g/mol. The molecule has 1 aromatic heterocycles. The molecule has 1 amide bonds. The van der Waals surface area contributed by atoms with Gasteiger partial charge in [0.1, 0.15) is 5.82 Å². The van der Waals surface area contributed by atoms with Crippen molar-refractivity contribution in [3.05, 3.63) is 53.7 Å². The third kappa shape index (κ3) is 4.81. The Morgan fingerprint density at radius 1 is 1.19 bits per heavy atom. The first-order chi connectivity index (χ1) is 12.5. The minimum absolute atomic E-state index is 0.318. The molecule has 2 aromatic rings. The molecule has 3 rings (SSSR count). The van der Waals surface area contributed by atoms with Gasteiger partial charge in [-0.15, -0.1) is 0 Å². The Labute approximate surface area is 153 Å². The molecule has 0 radical (unpaired) electrons. The average Bonchev–Trinajstić information content (AvgIpc) is 3.46. The summed E-state index contributed by atoms with van der Waals surface area (Å²) < 4.78 is 5.24. The van der Waals surface area contributed by atoms with Crippen molar-refractivity contribution in [2.75, 3.05) is 10.6 Å². The van der Waals surface area contributed by atoms with Gasteiger partial charge in [-0.25, -0.2) is 9.78 Å². The van der Waals surface area contributed by atoms with Gasteiger partial charge in [0.25, 0.3) is 5.91 Å². The molecule has 0 saturated heterocycles. The number of aryl methyl sites for hydroxylation is 1. The minimum Gasteiger partial charge on any atom is -0.449 e. The van der Waals surface area contributed by atoms with Crippen molar-refractivity contribution in [1.82, 2.24) is 4.98 Å². The lowest BCUT2D eigenvalue weighted by Gasteiger charge is -2.14. The van der Waals surface area contributed by atoms with Crippen LogP contribution in [0.15, 0.2) is 42.6 Å². The van der Waals surface area contributed by atoms with Crippen LogP contribution in [0.3, 0.4) is 0 Å². The van der Waals surface area contributed by atoms with Crippen molar-refractivity contribution in [2.24, 2.45) is 0 Å². The molecule has 1 heterocycles. The summed E-state index contributed by atoms with van der Waals surface area (Å²) in [5.41, 5.74) is 2.18. The Morgan fingerprint density at radius 3 is 2.50 bits per heavy atom. The quantitative estimate of drug-likeness (QED) is 0.746. The fourth-order valence-electron chi connectivity index (χ4n) is 2.39. The third-order valence-corrected chi connectivity index (χ3v) is 4.21. The highest BCUT2D eigenvalue weighted by atomic mass is 16.5. The number of nitrogens with zero attached hydrogens (tertiary/aromatic N) is 1. The van der Waals surface area contributed by atoms with Gasteiger partial charge in [0.15, 0.2) is 6.10 Å². The number of hydrogen-bond acceptors (Lipinski definition) is 5. The second kappa shape index (κ2) is 7.99. The summed E-state index contributed by atoms with van der Waals surface area (Å²) in [4.78, 5) is 28.6. The summed E-state index contributed by atoms with van der Waals surface area (Å²) in [6.45, 7) is 3.61.